The Bertz CT molecular complexity index is 271. The summed E-state index contributed by atoms with van der Waals surface area (Å²) in [4.78, 5) is 0. The third-order valence-electron chi connectivity index (χ3n) is 1.62. The zero-order valence-corrected chi connectivity index (χ0v) is 6.20. The zero-order chi connectivity index (χ0) is 8.43. The van der Waals surface area contributed by atoms with Gasteiger partial charge in [-0.3, -0.25) is 0 Å². The summed E-state index contributed by atoms with van der Waals surface area (Å²) < 4.78 is 25.6. The quantitative estimate of drug-likeness (QED) is 0.660. The lowest BCUT2D eigenvalue weighted by Gasteiger charge is -2.02. The maximum atomic E-state index is 12.9. The molecule has 0 unspecified atom stereocenters. The van der Waals surface area contributed by atoms with E-state index < -0.39 is 11.6 Å². The predicted molar refractivity (Wildman–Crippen MR) is 39.0 cm³/mol. The SMILES string of the molecule is Cc1c(F)ccc(CN)c1F. The molecule has 0 amide bonds. The maximum absolute atomic E-state index is 12.9. The van der Waals surface area contributed by atoms with Crippen LogP contribution in [0, 0.1) is 18.6 Å². The standard InChI is InChI=1S/C8H9F2N/c1-5-7(9)3-2-6(4-11)8(5)10/h2-3H,4,11H2,1H3. The van der Waals surface area contributed by atoms with Crippen LogP contribution in [0.2, 0.25) is 0 Å². The second-order valence-electron chi connectivity index (χ2n) is 2.35. The van der Waals surface area contributed by atoms with Crippen molar-refractivity contribution < 1.29 is 8.78 Å². The molecular formula is C8H9F2N. The first kappa shape index (κ1) is 8.14. The van der Waals surface area contributed by atoms with Crippen molar-refractivity contribution in [2.45, 2.75) is 13.5 Å². The maximum Gasteiger partial charge on any atom is 0.133 e. The summed E-state index contributed by atoms with van der Waals surface area (Å²) in [6.45, 7) is 1.50. The highest BCUT2D eigenvalue weighted by atomic mass is 19.1. The second-order valence-corrected chi connectivity index (χ2v) is 2.35. The molecule has 0 radical (unpaired) electrons. The molecule has 1 nitrogen and oxygen atoms in total. The van der Waals surface area contributed by atoms with Gasteiger partial charge in [0.15, 0.2) is 0 Å². The van der Waals surface area contributed by atoms with Crippen LogP contribution < -0.4 is 5.73 Å². The fourth-order valence-corrected chi connectivity index (χ4v) is 0.875. The molecule has 11 heavy (non-hydrogen) atoms. The predicted octanol–water partition coefficient (Wildman–Crippen LogP) is 1.73. The molecule has 1 aromatic carbocycles. The van der Waals surface area contributed by atoms with E-state index in [1.165, 1.54) is 19.1 Å². The van der Waals surface area contributed by atoms with Gasteiger partial charge in [0.2, 0.25) is 0 Å². The van der Waals surface area contributed by atoms with Crippen molar-refractivity contribution in [1.29, 1.82) is 0 Å². The van der Waals surface area contributed by atoms with E-state index in [1.54, 1.807) is 0 Å². The molecule has 0 fully saturated rings. The average molecular weight is 157 g/mol. The Labute approximate surface area is 63.8 Å². The van der Waals surface area contributed by atoms with E-state index in [1.807, 2.05) is 0 Å². The van der Waals surface area contributed by atoms with Gasteiger partial charge >= 0.3 is 0 Å². The monoisotopic (exact) mass is 157 g/mol. The summed E-state index contributed by atoms with van der Waals surface area (Å²) in [5, 5.41) is 0. The summed E-state index contributed by atoms with van der Waals surface area (Å²) in [7, 11) is 0. The number of hydrogen-bond acceptors (Lipinski definition) is 1. The van der Waals surface area contributed by atoms with Gasteiger partial charge in [-0.1, -0.05) is 6.07 Å². The Morgan fingerprint density at radius 1 is 1.36 bits per heavy atom. The highest BCUT2D eigenvalue weighted by Crippen LogP contribution is 2.14. The molecule has 0 aliphatic rings. The summed E-state index contributed by atoms with van der Waals surface area (Å²) in [5.41, 5.74) is 5.59. The molecule has 0 heterocycles. The molecule has 0 aromatic heterocycles. The highest BCUT2D eigenvalue weighted by molar-refractivity contribution is 5.26. The lowest BCUT2D eigenvalue weighted by atomic mass is 10.1. The van der Waals surface area contributed by atoms with Crippen LogP contribution in [0.5, 0.6) is 0 Å². The normalized spacial score (nSPS) is 10.2. The van der Waals surface area contributed by atoms with Gasteiger partial charge in [-0.15, -0.1) is 0 Å². The van der Waals surface area contributed by atoms with Gasteiger partial charge in [-0.05, 0) is 13.0 Å². The van der Waals surface area contributed by atoms with Gasteiger partial charge in [-0.25, -0.2) is 8.78 Å². The van der Waals surface area contributed by atoms with Crippen molar-refractivity contribution in [3.63, 3.8) is 0 Å². The third-order valence-corrected chi connectivity index (χ3v) is 1.62. The first-order valence-electron chi connectivity index (χ1n) is 3.30. The lowest BCUT2D eigenvalue weighted by Crippen LogP contribution is -2.02. The van der Waals surface area contributed by atoms with Crippen molar-refractivity contribution in [2.24, 2.45) is 5.73 Å². The molecule has 0 saturated heterocycles. The second kappa shape index (κ2) is 2.96. The molecule has 3 heteroatoms. The number of benzene rings is 1. The number of nitrogens with two attached hydrogens (primary N) is 1. The van der Waals surface area contributed by atoms with Crippen molar-refractivity contribution in [3.05, 3.63) is 34.9 Å². The first-order chi connectivity index (χ1) is 5.16. The fraction of sp³-hybridized carbons (Fsp3) is 0.250. The van der Waals surface area contributed by atoms with Crippen LogP contribution in [0.1, 0.15) is 11.1 Å². The van der Waals surface area contributed by atoms with E-state index in [-0.39, 0.29) is 12.1 Å². The lowest BCUT2D eigenvalue weighted by molar-refractivity contribution is 0.558. The number of rotatable bonds is 1. The number of halogens is 2. The summed E-state index contributed by atoms with van der Waals surface area (Å²) in [5.74, 6) is -1.06. The van der Waals surface area contributed by atoms with Crippen molar-refractivity contribution in [1.82, 2.24) is 0 Å². The van der Waals surface area contributed by atoms with Crippen molar-refractivity contribution >= 4 is 0 Å². The van der Waals surface area contributed by atoms with Gasteiger partial charge in [0.05, 0.1) is 0 Å². The smallest absolute Gasteiger partial charge is 0.133 e. The molecule has 0 bridgehead atoms. The van der Waals surface area contributed by atoms with E-state index >= 15 is 0 Å². The summed E-state index contributed by atoms with van der Waals surface area (Å²) >= 11 is 0. The molecule has 0 aliphatic carbocycles. The van der Waals surface area contributed by atoms with Crippen LogP contribution in [0.3, 0.4) is 0 Å². The van der Waals surface area contributed by atoms with Crippen LogP contribution in [0.4, 0.5) is 8.78 Å². The van der Waals surface area contributed by atoms with Crippen LogP contribution in [0.15, 0.2) is 12.1 Å². The average Bonchev–Trinajstić information content (AvgIpc) is 2.01. The molecule has 2 N–H and O–H groups in total. The van der Waals surface area contributed by atoms with Gasteiger partial charge in [0.25, 0.3) is 0 Å². The van der Waals surface area contributed by atoms with Crippen LogP contribution >= 0.6 is 0 Å². The number of hydrogen-bond donors (Lipinski definition) is 1. The van der Waals surface area contributed by atoms with E-state index in [0.717, 1.165) is 0 Å². The van der Waals surface area contributed by atoms with Gasteiger partial charge in [-0.2, -0.15) is 0 Å². The van der Waals surface area contributed by atoms with Gasteiger partial charge < -0.3 is 5.73 Å². The van der Waals surface area contributed by atoms with E-state index in [2.05, 4.69) is 0 Å². The molecular weight excluding hydrogens is 148 g/mol. The summed E-state index contributed by atoms with van der Waals surface area (Å²) in [6.07, 6.45) is 0. The first-order valence-corrected chi connectivity index (χ1v) is 3.30. The van der Waals surface area contributed by atoms with E-state index in [0.29, 0.717) is 5.56 Å². The van der Waals surface area contributed by atoms with Crippen LogP contribution in [-0.4, -0.2) is 0 Å². The Balaban J connectivity index is 3.25. The van der Waals surface area contributed by atoms with E-state index in [4.69, 9.17) is 5.73 Å². The van der Waals surface area contributed by atoms with Gasteiger partial charge in [0, 0.05) is 17.7 Å². The Hall–Kier alpha value is -0.960. The summed E-state index contributed by atoms with van der Waals surface area (Å²) in [6, 6.07) is 2.58. The minimum absolute atomic E-state index is 0.0351. The van der Waals surface area contributed by atoms with Crippen molar-refractivity contribution in [3.8, 4) is 0 Å². The van der Waals surface area contributed by atoms with Crippen LogP contribution in [-0.2, 0) is 6.54 Å². The highest BCUT2D eigenvalue weighted by Gasteiger charge is 2.07. The minimum atomic E-state index is -0.535. The molecule has 0 aliphatic heterocycles. The Morgan fingerprint density at radius 3 is 2.55 bits per heavy atom. The topological polar surface area (TPSA) is 26.0 Å². The fourth-order valence-electron chi connectivity index (χ4n) is 0.875. The molecule has 0 atom stereocenters. The zero-order valence-electron chi connectivity index (χ0n) is 6.20. The Morgan fingerprint density at radius 2 is 2.00 bits per heavy atom. The molecule has 0 spiro atoms. The Kier molecular flexibility index (Phi) is 2.19. The molecule has 1 rings (SSSR count). The molecule has 1 aromatic rings. The van der Waals surface area contributed by atoms with E-state index in [9.17, 15) is 8.78 Å². The van der Waals surface area contributed by atoms with Crippen molar-refractivity contribution in [2.75, 3.05) is 0 Å². The molecule has 60 valence electrons. The molecule has 0 saturated carbocycles. The van der Waals surface area contributed by atoms with Crippen LogP contribution in [0.25, 0.3) is 0 Å². The largest absolute Gasteiger partial charge is 0.326 e. The van der Waals surface area contributed by atoms with Gasteiger partial charge in [0.1, 0.15) is 11.6 Å². The third kappa shape index (κ3) is 1.38. The minimum Gasteiger partial charge on any atom is -0.326 e.